The van der Waals surface area contributed by atoms with Crippen LogP contribution in [-0.2, 0) is 17.3 Å². The summed E-state index contributed by atoms with van der Waals surface area (Å²) in [6.45, 7) is 7.52. The highest BCUT2D eigenvalue weighted by Crippen LogP contribution is 2.34. The molecule has 2 fully saturated rings. The summed E-state index contributed by atoms with van der Waals surface area (Å²) < 4.78 is 46.1. The Balaban J connectivity index is 1.44. The van der Waals surface area contributed by atoms with Crippen LogP contribution in [0.4, 0.5) is 41.1 Å². The fourth-order valence-electron chi connectivity index (χ4n) is 4.59. The van der Waals surface area contributed by atoms with Crippen LogP contribution in [0.15, 0.2) is 24.4 Å². The zero-order valence-corrected chi connectivity index (χ0v) is 22.0. The Bertz CT molecular complexity index is 1090. The van der Waals surface area contributed by atoms with Crippen LogP contribution in [0.5, 0.6) is 0 Å². The summed E-state index contributed by atoms with van der Waals surface area (Å²) in [5.41, 5.74) is 1.99. The summed E-state index contributed by atoms with van der Waals surface area (Å²) in [5, 5.41) is 5.91. The Morgan fingerprint density at radius 1 is 1.11 bits per heavy atom. The lowest BCUT2D eigenvalue weighted by atomic mass is 10.1. The molecule has 0 radical (unpaired) electrons. The van der Waals surface area contributed by atoms with Gasteiger partial charge in [0.2, 0.25) is 5.95 Å². The summed E-state index contributed by atoms with van der Waals surface area (Å²) >= 11 is 0. The van der Waals surface area contributed by atoms with Crippen molar-refractivity contribution in [1.82, 2.24) is 19.8 Å². The van der Waals surface area contributed by atoms with E-state index < -0.39 is 11.7 Å². The van der Waals surface area contributed by atoms with E-state index >= 15 is 0 Å². The number of halogens is 3. The van der Waals surface area contributed by atoms with Gasteiger partial charge < -0.3 is 30.1 Å². The highest BCUT2D eigenvalue weighted by Gasteiger charge is 2.35. The maximum absolute atomic E-state index is 13.7. The third-order valence-electron chi connectivity index (χ3n) is 6.88. The van der Waals surface area contributed by atoms with Crippen molar-refractivity contribution < 1.29 is 22.7 Å². The molecule has 2 aromatic rings. The molecule has 2 aliphatic heterocycles. The molecule has 38 heavy (non-hydrogen) atoms. The third-order valence-corrected chi connectivity index (χ3v) is 6.88. The number of amides is 1. The molecule has 1 aromatic carbocycles. The molecule has 9 nitrogen and oxygen atoms in total. The van der Waals surface area contributed by atoms with Gasteiger partial charge in [-0.2, -0.15) is 18.2 Å². The van der Waals surface area contributed by atoms with Gasteiger partial charge >= 0.3 is 12.3 Å². The summed E-state index contributed by atoms with van der Waals surface area (Å²) in [6, 6.07) is 6.07. The molecule has 1 amide bonds. The molecule has 4 rings (SSSR count). The van der Waals surface area contributed by atoms with Crippen molar-refractivity contribution >= 4 is 29.2 Å². The fourth-order valence-corrected chi connectivity index (χ4v) is 4.59. The second-order valence-electron chi connectivity index (χ2n) is 9.65. The van der Waals surface area contributed by atoms with E-state index in [2.05, 4.69) is 43.5 Å². The molecule has 0 unspecified atom stereocenters. The van der Waals surface area contributed by atoms with Crippen molar-refractivity contribution in [2.75, 3.05) is 75.0 Å². The Kier molecular flexibility index (Phi) is 9.13. The van der Waals surface area contributed by atoms with Crippen LogP contribution in [-0.4, -0.2) is 85.3 Å². The topological polar surface area (TPSA) is 85.9 Å². The molecule has 0 aliphatic carbocycles. The highest BCUT2D eigenvalue weighted by molar-refractivity contribution is 5.68. The van der Waals surface area contributed by atoms with Gasteiger partial charge in [0.15, 0.2) is 0 Å². The molecule has 0 spiro atoms. The third kappa shape index (κ3) is 7.18. The molecule has 2 N–H and O–H groups in total. The van der Waals surface area contributed by atoms with E-state index in [0.29, 0.717) is 26.1 Å². The van der Waals surface area contributed by atoms with Gasteiger partial charge in [-0.1, -0.05) is 6.92 Å². The maximum Gasteiger partial charge on any atom is 0.421 e. The molecule has 1 aromatic heterocycles. The Hall–Kier alpha value is -3.28. The minimum Gasteiger partial charge on any atom is -0.449 e. The molecule has 208 valence electrons. The van der Waals surface area contributed by atoms with Crippen LogP contribution in [0.25, 0.3) is 0 Å². The molecule has 2 saturated heterocycles. The summed E-state index contributed by atoms with van der Waals surface area (Å²) in [7, 11) is 2.11. The fraction of sp³-hybridized carbons (Fsp3) is 0.577. The number of hydrogen-bond donors (Lipinski definition) is 2. The second-order valence-corrected chi connectivity index (χ2v) is 9.65. The van der Waals surface area contributed by atoms with Crippen molar-refractivity contribution in [3.8, 4) is 0 Å². The van der Waals surface area contributed by atoms with E-state index in [0.717, 1.165) is 68.6 Å². The van der Waals surface area contributed by atoms with Crippen LogP contribution >= 0.6 is 0 Å². The smallest absolute Gasteiger partial charge is 0.421 e. The Morgan fingerprint density at radius 3 is 2.63 bits per heavy atom. The SMILES string of the molecule is CCc1cc(N2CCN(C)CC2)ccc1Nc1ncc(C(F)(F)F)c(NCCCN2CCCCOC2=O)n1. The predicted molar refractivity (Wildman–Crippen MR) is 141 cm³/mol. The number of ether oxygens (including phenoxy) is 1. The van der Waals surface area contributed by atoms with Gasteiger partial charge in [-0.3, -0.25) is 0 Å². The van der Waals surface area contributed by atoms with E-state index in [9.17, 15) is 18.0 Å². The minimum atomic E-state index is -4.60. The maximum atomic E-state index is 13.7. The number of carbonyl (C=O) groups is 1. The first-order valence-corrected chi connectivity index (χ1v) is 13.2. The Morgan fingerprint density at radius 2 is 1.89 bits per heavy atom. The predicted octanol–water partition coefficient (Wildman–Crippen LogP) is 4.59. The lowest BCUT2D eigenvalue weighted by Gasteiger charge is -2.34. The van der Waals surface area contributed by atoms with Crippen LogP contribution in [0.1, 0.15) is 37.3 Å². The number of nitrogens with one attached hydrogen (secondary N) is 2. The number of piperazine rings is 1. The molecule has 3 heterocycles. The van der Waals surface area contributed by atoms with E-state index in [1.807, 2.05) is 19.1 Å². The normalized spacial score (nSPS) is 17.2. The first kappa shape index (κ1) is 27.7. The summed E-state index contributed by atoms with van der Waals surface area (Å²) in [5.74, 6) is -0.209. The van der Waals surface area contributed by atoms with Crippen molar-refractivity contribution in [1.29, 1.82) is 0 Å². The number of rotatable bonds is 9. The number of anilines is 4. The second kappa shape index (κ2) is 12.5. The number of hydrogen-bond acceptors (Lipinski definition) is 8. The largest absolute Gasteiger partial charge is 0.449 e. The number of likely N-dealkylation sites (N-methyl/N-ethyl adjacent to an activating group) is 1. The zero-order chi connectivity index (χ0) is 27.1. The van der Waals surface area contributed by atoms with Gasteiger partial charge in [0, 0.05) is 63.4 Å². The van der Waals surface area contributed by atoms with Crippen LogP contribution < -0.4 is 15.5 Å². The highest BCUT2D eigenvalue weighted by atomic mass is 19.4. The lowest BCUT2D eigenvalue weighted by Crippen LogP contribution is -2.44. The van der Waals surface area contributed by atoms with Crippen molar-refractivity contribution in [2.24, 2.45) is 0 Å². The number of cyclic esters (lactones) is 1. The first-order valence-electron chi connectivity index (χ1n) is 13.2. The molecular formula is C26H36F3N7O2. The number of aromatic nitrogens is 2. The van der Waals surface area contributed by atoms with Gasteiger partial charge in [0.05, 0.1) is 6.61 Å². The molecular weight excluding hydrogens is 499 g/mol. The molecule has 12 heteroatoms. The van der Waals surface area contributed by atoms with Gasteiger partial charge in [0.25, 0.3) is 0 Å². The average molecular weight is 536 g/mol. The first-order chi connectivity index (χ1) is 18.2. The lowest BCUT2D eigenvalue weighted by molar-refractivity contribution is -0.137. The minimum absolute atomic E-state index is 0.0821. The van der Waals surface area contributed by atoms with E-state index in [-0.39, 0.29) is 24.4 Å². The number of alkyl halides is 3. The van der Waals surface area contributed by atoms with Crippen molar-refractivity contribution in [3.63, 3.8) is 0 Å². The quantitative estimate of drug-likeness (QED) is 0.451. The molecule has 0 saturated carbocycles. The Labute approximate surface area is 221 Å². The monoisotopic (exact) mass is 535 g/mol. The van der Waals surface area contributed by atoms with E-state index in [1.54, 1.807) is 4.90 Å². The van der Waals surface area contributed by atoms with Gasteiger partial charge in [0.1, 0.15) is 11.4 Å². The molecule has 0 atom stereocenters. The number of aryl methyl sites for hydroxylation is 1. The molecule has 2 aliphatic rings. The van der Waals surface area contributed by atoms with Gasteiger partial charge in [-0.05, 0) is 56.5 Å². The van der Waals surface area contributed by atoms with Gasteiger partial charge in [-0.15, -0.1) is 0 Å². The average Bonchev–Trinajstić information content (AvgIpc) is 3.10. The van der Waals surface area contributed by atoms with Crippen LogP contribution in [0.2, 0.25) is 0 Å². The number of benzene rings is 1. The zero-order valence-electron chi connectivity index (χ0n) is 22.0. The van der Waals surface area contributed by atoms with E-state index in [4.69, 9.17) is 4.74 Å². The summed E-state index contributed by atoms with van der Waals surface area (Å²) in [6.07, 6.45) is -1.33. The summed E-state index contributed by atoms with van der Waals surface area (Å²) in [4.78, 5) is 26.3. The number of nitrogens with zero attached hydrogens (tertiary/aromatic N) is 5. The molecule has 0 bridgehead atoms. The van der Waals surface area contributed by atoms with Gasteiger partial charge in [-0.25, -0.2) is 9.78 Å². The van der Waals surface area contributed by atoms with E-state index in [1.165, 1.54) is 0 Å². The van der Waals surface area contributed by atoms with Crippen molar-refractivity contribution in [3.05, 3.63) is 35.5 Å². The number of carbonyl (C=O) groups excluding carboxylic acids is 1. The standard InChI is InChI=1S/C26H36F3N7O2/c1-3-19-17-20(35-14-12-34(2)13-15-35)7-8-22(19)32-24-31-18-21(26(27,28)29)23(33-24)30-9-6-11-36-10-4-5-16-38-25(36)37/h7-8,17-18H,3-6,9-16H2,1-2H3,(H2,30,31,32,33). The van der Waals surface area contributed by atoms with Crippen molar-refractivity contribution in [2.45, 2.75) is 38.8 Å². The van der Waals surface area contributed by atoms with Crippen LogP contribution in [0.3, 0.4) is 0 Å². The van der Waals surface area contributed by atoms with Crippen LogP contribution in [0, 0.1) is 0 Å².